The van der Waals surface area contributed by atoms with Crippen molar-refractivity contribution in [2.75, 3.05) is 0 Å². The summed E-state index contributed by atoms with van der Waals surface area (Å²) in [7, 11) is 0. The molecule has 1 fully saturated rings. The van der Waals surface area contributed by atoms with Gasteiger partial charge in [0, 0.05) is 12.8 Å². The predicted molar refractivity (Wildman–Crippen MR) is 131 cm³/mol. The number of aromatic carboxylic acids is 1. The van der Waals surface area contributed by atoms with E-state index in [1.165, 1.54) is 32.1 Å². The molecule has 3 N–H and O–H groups in total. The van der Waals surface area contributed by atoms with E-state index < -0.39 is 5.97 Å². The molecule has 178 valence electrons. The first-order chi connectivity index (χ1) is 14.7. The zero-order chi connectivity index (χ0) is 24.7. The zero-order valence-electron chi connectivity index (χ0n) is 20.6. The van der Waals surface area contributed by atoms with Crippen LogP contribution in [0.4, 0.5) is 0 Å². The number of hydrazone groups is 1. The van der Waals surface area contributed by atoms with Crippen molar-refractivity contribution in [1.29, 1.82) is 0 Å². The Labute approximate surface area is 189 Å². The molecule has 31 heavy (non-hydrogen) atoms. The van der Waals surface area contributed by atoms with E-state index in [0.717, 1.165) is 0 Å². The van der Waals surface area contributed by atoms with E-state index in [4.69, 9.17) is 9.84 Å². The second kappa shape index (κ2) is 22.1. The average Bonchev–Trinajstić information content (AvgIpc) is 2.76. The molecular formula is C25H44N2O4. The van der Waals surface area contributed by atoms with Crippen LogP contribution < -0.4 is 5.84 Å². The molecule has 0 atom stereocenters. The molecule has 0 spiro atoms. The number of nitrogens with zero attached hydrogens (tertiary/aromatic N) is 1. The molecule has 0 saturated heterocycles. The van der Waals surface area contributed by atoms with Gasteiger partial charge < -0.3 is 15.7 Å². The van der Waals surface area contributed by atoms with E-state index >= 15 is 0 Å². The van der Waals surface area contributed by atoms with Crippen LogP contribution in [-0.4, -0.2) is 29.4 Å². The fourth-order valence-corrected chi connectivity index (χ4v) is 2.46. The Bertz CT molecular complexity index is 587. The standard InChI is InChI=1S/C13H22O2.C7H6O2.2C2H6.CH4N2/c1-13(2,3)15-12(14)10-9-11-7-5-4-6-8-11;8-7(9)6-4-2-1-3-5-6;2*1-2;1-3-2/h9-11H,4-8H2,1-3H3;1-5H,(H,8,9);2*1-2H3;1-2H2/b10-9+;;;;. The first-order valence-corrected chi connectivity index (χ1v) is 11.0. The van der Waals surface area contributed by atoms with E-state index in [9.17, 15) is 9.59 Å². The highest BCUT2D eigenvalue weighted by Crippen LogP contribution is 2.24. The maximum absolute atomic E-state index is 11.4. The SMILES string of the molecule is C=NN.CC.CC.CC(C)(C)OC(=O)/C=C/C1CCCCC1.O=C(O)c1ccccc1. The highest BCUT2D eigenvalue weighted by atomic mass is 16.6. The Morgan fingerprint density at radius 2 is 1.52 bits per heavy atom. The minimum Gasteiger partial charge on any atom is -0.478 e. The number of allylic oxidation sites excluding steroid dienone is 1. The van der Waals surface area contributed by atoms with Gasteiger partial charge in [0.1, 0.15) is 5.60 Å². The molecule has 0 unspecified atom stereocenters. The van der Waals surface area contributed by atoms with Crippen LogP contribution in [0, 0.1) is 5.92 Å². The van der Waals surface area contributed by atoms with Gasteiger partial charge >= 0.3 is 11.9 Å². The minimum atomic E-state index is -0.879. The van der Waals surface area contributed by atoms with E-state index in [1.54, 1.807) is 36.4 Å². The van der Waals surface area contributed by atoms with Crippen LogP contribution in [-0.2, 0) is 9.53 Å². The molecule has 2 rings (SSSR count). The summed E-state index contributed by atoms with van der Waals surface area (Å²) in [5.74, 6) is 3.86. The Morgan fingerprint density at radius 1 is 1.06 bits per heavy atom. The molecule has 0 radical (unpaired) electrons. The maximum Gasteiger partial charge on any atom is 0.335 e. The summed E-state index contributed by atoms with van der Waals surface area (Å²) < 4.78 is 5.20. The van der Waals surface area contributed by atoms with E-state index in [-0.39, 0.29) is 11.6 Å². The molecule has 1 saturated carbocycles. The van der Waals surface area contributed by atoms with Crippen molar-refractivity contribution in [3.05, 3.63) is 48.0 Å². The second-order valence-electron chi connectivity index (χ2n) is 7.14. The molecule has 1 aliphatic rings. The van der Waals surface area contributed by atoms with Crippen molar-refractivity contribution >= 4 is 18.7 Å². The van der Waals surface area contributed by atoms with E-state index in [1.807, 2.05) is 54.5 Å². The molecule has 1 aromatic rings. The van der Waals surface area contributed by atoms with Gasteiger partial charge in [0.25, 0.3) is 0 Å². The number of carbonyl (C=O) groups excluding carboxylic acids is 1. The van der Waals surface area contributed by atoms with Gasteiger partial charge in [-0.2, -0.15) is 5.10 Å². The third-order valence-electron chi connectivity index (χ3n) is 3.58. The van der Waals surface area contributed by atoms with Gasteiger partial charge in [-0.15, -0.1) is 0 Å². The summed E-state index contributed by atoms with van der Waals surface area (Å²) in [6.07, 6.45) is 10.00. The predicted octanol–water partition coefficient (Wildman–Crippen LogP) is 6.46. The van der Waals surface area contributed by atoms with Gasteiger partial charge in [-0.1, -0.05) is 71.2 Å². The topological polar surface area (TPSA) is 102 Å². The molecule has 6 nitrogen and oxygen atoms in total. The average molecular weight is 437 g/mol. The lowest BCUT2D eigenvalue weighted by Crippen LogP contribution is -2.22. The summed E-state index contributed by atoms with van der Waals surface area (Å²) in [5, 5.41) is 11.1. The summed E-state index contributed by atoms with van der Waals surface area (Å²) in [4.78, 5) is 21.6. The third kappa shape index (κ3) is 23.5. The lowest BCUT2D eigenvalue weighted by Gasteiger charge is -2.19. The fraction of sp³-hybridized carbons (Fsp3) is 0.560. The summed E-state index contributed by atoms with van der Waals surface area (Å²) in [6.45, 7) is 16.6. The Hall–Kier alpha value is -2.63. The Kier molecular flexibility index (Phi) is 23.5. The van der Waals surface area contributed by atoms with Gasteiger partial charge in [0.2, 0.25) is 0 Å². The van der Waals surface area contributed by atoms with Crippen LogP contribution in [0.5, 0.6) is 0 Å². The number of carboxylic acids is 1. The summed E-state index contributed by atoms with van der Waals surface area (Å²) in [6, 6.07) is 8.30. The Morgan fingerprint density at radius 3 is 1.87 bits per heavy atom. The number of hydrogen-bond acceptors (Lipinski definition) is 5. The molecule has 0 aliphatic heterocycles. The normalized spacial score (nSPS) is 12.7. The molecule has 1 aromatic carbocycles. The number of hydrogen-bond donors (Lipinski definition) is 2. The van der Waals surface area contributed by atoms with Crippen molar-refractivity contribution in [3.63, 3.8) is 0 Å². The summed E-state index contributed by atoms with van der Waals surface area (Å²) >= 11 is 0. The second-order valence-corrected chi connectivity index (χ2v) is 7.14. The van der Waals surface area contributed by atoms with Crippen molar-refractivity contribution in [2.45, 2.75) is 86.2 Å². The van der Waals surface area contributed by atoms with Gasteiger partial charge in [-0.3, -0.25) is 0 Å². The number of carboxylic acid groups (broad SMARTS) is 1. The monoisotopic (exact) mass is 436 g/mol. The molecule has 0 heterocycles. The van der Waals surface area contributed by atoms with Crippen molar-refractivity contribution in [1.82, 2.24) is 0 Å². The summed E-state index contributed by atoms with van der Waals surface area (Å²) in [5.41, 5.74) is -0.0499. The first kappa shape index (κ1) is 33.0. The fourth-order valence-electron chi connectivity index (χ4n) is 2.46. The lowest BCUT2D eigenvalue weighted by atomic mass is 9.89. The van der Waals surface area contributed by atoms with Gasteiger partial charge in [-0.05, 0) is 51.7 Å². The zero-order valence-corrected chi connectivity index (χ0v) is 20.6. The van der Waals surface area contributed by atoms with Gasteiger partial charge in [0.15, 0.2) is 0 Å². The van der Waals surface area contributed by atoms with Crippen molar-refractivity contribution in [3.8, 4) is 0 Å². The first-order valence-electron chi connectivity index (χ1n) is 11.0. The molecule has 0 amide bonds. The third-order valence-corrected chi connectivity index (χ3v) is 3.58. The highest BCUT2D eigenvalue weighted by molar-refractivity contribution is 5.87. The van der Waals surface area contributed by atoms with Gasteiger partial charge in [-0.25, -0.2) is 9.59 Å². The smallest absolute Gasteiger partial charge is 0.335 e. The number of carbonyl (C=O) groups is 2. The number of esters is 1. The number of benzene rings is 1. The van der Waals surface area contributed by atoms with Crippen LogP contribution in [0.15, 0.2) is 47.6 Å². The molecular weight excluding hydrogens is 392 g/mol. The molecule has 0 aromatic heterocycles. The minimum absolute atomic E-state index is 0.215. The van der Waals surface area contributed by atoms with E-state index in [2.05, 4.69) is 17.7 Å². The lowest BCUT2D eigenvalue weighted by molar-refractivity contribution is -0.148. The largest absolute Gasteiger partial charge is 0.478 e. The van der Waals surface area contributed by atoms with Gasteiger partial charge in [0.05, 0.1) is 5.56 Å². The van der Waals surface area contributed by atoms with Crippen LogP contribution in [0.25, 0.3) is 0 Å². The van der Waals surface area contributed by atoms with Crippen molar-refractivity contribution in [2.24, 2.45) is 16.9 Å². The van der Waals surface area contributed by atoms with Crippen LogP contribution in [0.3, 0.4) is 0 Å². The number of ether oxygens (including phenoxy) is 1. The van der Waals surface area contributed by atoms with Crippen LogP contribution in [0.2, 0.25) is 0 Å². The van der Waals surface area contributed by atoms with Crippen molar-refractivity contribution < 1.29 is 19.4 Å². The molecule has 1 aliphatic carbocycles. The molecule has 6 heteroatoms. The number of nitrogens with two attached hydrogens (primary N) is 1. The maximum atomic E-state index is 11.4. The molecule has 0 bridgehead atoms. The quantitative estimate of drug-likeness (QED) is 0.186. The van der Waals surface area contributed by atoms with E-state index in [0.29, 0.717) is 11.5 Å². The van der Waals surface area contributed by atoms with Crippen LogP contribution in [0.1, 0.15) is 90.9 Å². The Balaban J connectivity index is -0.000000416. The van der Waals surface area contributed by atoms with Crippen LogP contribution >= 0.6 is 0 Å². The number of rotatable bonds is 3. The highest BCUT2D eigenvalue weighted by Gasteiger charge is 2.15.